The molecule has 0 bridgehead atoms. The third-order valence-corrected chi connectivity index (χ3v) is 9.90. The lowest BCUT2D eigenvalue weighted by atomic mass is 10.1. The Labute approximate surface area is 445 Å². The molecular weight excluding hydrogens is 1000 g/mol. The van der Waals surface area contributed by atoms with Crippen LogP contribution < -0.4 is 35.1 Å². The Bertz CT molecular complexity index is 1880. The molecule has 426 valence electrons. The summed E-state index contributed by atoms with van der Waals surface area (Å²) in [6.07, 6.45) is 0.764. The number of hydrogen-bond donors (Lipinski definition) is 10. The van der Waals surface area contributed by atoms with E-state index < -0.39 is 42.2 Å². The molecule has 3 aromatic rings. The third-order valence-electron chi connectivity index (χ3n) is 9.40. The zero-order valence-electron chi connectivity index (χ0n) is 44.9. The van der Waals surface area contributed by atoms with Gasteiger partial charge in [0.15, 0.2) is 0 Å². The fraction of sp³-hybridized carbons (Fsp3) is 0.608. The standard InChI is InChI=1S/2C15H25NO3.C13H24N4O3S.C4H6O4.C4H4O4/c2*1-12(2)16-10-14(17)11-19-15-6-4-13(5-7-15)8-9-18-3;1-13(2,3)14-8-10(18)9-20-12-11(15-21-16-12)17-4-6-19-7-5-17;2*5-3(6)1-2-4(7)8/h2*4-7,12,14,16-17H,8-11H2,1-3H3;10,14,18H,4-9H2,1-3H3;1-2H2,(H,5,6)(H,7,8);1-2H,(H,5,6)(H,7,8)/b;;;;2-1-/t;;10-;;/m..0../s1. The fourth-order valence-electron chi connectivity index (χ4n) is 5.44. The van der Waals surface area contributed by atoms with Crippen LogP contribution in [0.15, 0.2) is 60.7 Å². The highest BCUT2D eigenvalue weighted by Gasteiger charge is 2.21. The topological polar surface area (TPSA) is 330 Å². The maximum Gasteiger partial charge on any atom is 0.328 e. The second-order valence-electron chi connectivity index (χ2n) is 18.2. The van der Waals surface area contributed by atoms with Gasteiger partial charge in [0, 0.05) is 76.7 Å². The van der Waals surface area contributed by atoms with E-state index in [4.69, 9.17) is 48.8 Å². The molecule has 1 saturated heterocycles. The number of aliphatic hydroxyl groups excluding tert-OH is 3. The summed E-state index contributed by atoms with van der Waals surface area (Å²) in [5.74, 6) is -1.86. The van der Waals surface area contributed by atoms with Crippen molar-refractivity contribution in [3.63, 3.8) is 0 Å². The summed E-state index contributed by atoms with van der Waals surface area (Å²) in [5, 5.41) is 70.4. The summed E-state index contributed by atoms with van der Waals surface area (Å²) in [7, 11) is 3.40. The second-order valence-corrected chi connectivity index (χ2v) is 18.7. The summed E-state index contributed by atoms with van der Waals surface area (Å²) in [6, 6.07) is 16.5. The predicted molar refractivity (Wildman–Crippen MR) is 284 cm³/mol. The van der Waals surface area contributed by atoms with Crippen LogP contribution in [-0.4, -0.2) is 197 Å². The van der Waals surface area contributed by atoms with Crippen molar-refractivity contribution >= 4 is 41.4 Å². The SMILES string of the molecule is CC(C)(C)NC[C@H](O)COc1nsnc1N1CCOCC1.COCCc1ccc(OCC(O)CNC(C)C)cc1.COCCc1ccc(OCC(O)CNC(C)C)cc1.O=C(O)/C=C\C(=O)O.O=C(O)CCC(=O)O. The van der Waals surface area contributed by atoms with E-state index in [2.05, 4.69) is 50.4 Å². The average molecular weight is 1090 g/mol. The molecule has 23 nitrogen and oxygen atoms in total. The molecule has 1 fully saturated rings. The molecule has 4 rings (SSSR count). The van der Waals surface area contributed by atoms with Crippen LogP contribution in [0.25, 0.3) is 0 Å². The first-order valence-corrected chi connectivity index (χ1v) is 25.2. The van der Waals surface area contributed by atoms with Gasteiger partial charge < -0.3 is 85.0 Å². The molecule has 24 heteroatoms. The Hall–Kier alpha value is -5.54. The molecule has 0 radical (unpaired) electrons. The summed E-state index contributed by atoms with van der Waals surface area (Å²) >= 11 is 1.12. The van der Waals surface area contributed by atoms with E-state index in [0.29, 0.717) is 76.2 Å². The number of carboxylic acid groups (broad SMARTS) is 4. The molecule has 3 atom stereocenters. The Morgan fingerprint density at radius 3 is 1.41 bits per heavy atom. The Morgan fingerprint density at radius 1 is 0.653 bits per heavy atom. The Balaban J connectivity index is 0.000000958. The molecule has 2 heterocycles. The number of morpholine rings is 1. The molecule has 1 aromatic heterocycles. The molecule has 0 amide bonds. The first kappa shape index (κ1) is 69.5. The van der Waals surface area contributed by atoms with Crippen LogP contribution in [0.1, 0.15) is 72.4 Å². The summed E-state index contributed by atoms with van der Waals surface area (Å²) in [6.45, 7) is 21.1. The molecule has 10 N–H and O–H groups in total. The lowest BCUT2D eigenvalue weighted by Crippen LogP contribution is -2.42. The number of β-amino-alcohol motifs (C(OH)–C–C–N with tert-alkyl or cyclic N) is 1. The van der Waals surface area contributed by atoms with Crippen LogP contribution in [0.3, 0.4) is 0 Å². The van der Waals surface area contributed by atoms with Gasteiger partial charge in [0.25, 0.3) is 5.88 Å². The Kier molecular flexibility index (Phi) is 38.6. The molecule has 2 unspecified atom stereocenters. The van der Waals surface area contributed by atoms with Gasteiger partial charge in [0.05, 0.1) is 51.0 Å². The van der Waals surface area contributed by atoms with Gasteiger partial charge in [-0.15, -0.1) is 4.37 Å². The van der Waals surface area contributed by atoms with E-state index in [9.17, 15) is 34.5 Å². The van der Waals surface area contributed by atoms with Gasteiger partial charge in [-0.2, -0.15) is 4.37 Å². The van der Waals surface area contributed by atoms with Crippen molar-refractivity contribution in [1.29, 1.82) is 0 Å². The second kappa shape index (κ2) is 41.7. The molecule has 75 heavy (non-hydrogen) atoms. The highest BCUT2D eigenvalue weighted by Crippen LogP contribution is 2.26. The number of nitrogens with zero attached hydrogens (tertiary/aromatic N) is 3. The number of benzene rings is 2. The van der Waals surface area contributed by atoms with Crippen molar-refractivity contribution < 1.29 is 83.3 Å². The van der Waals surface area contributed by atoms with Gasteiger partial charge >= 0.3 is 23.9 Å². The number of aliphatic carboxylic acids is 4. The van der Waals surface area contributed by atoms with Gasteiger partial charge in [0.1, 0.15) is 49.6 Å². The number of methoxy groups -OCH3 is 2. The number of aromatic nitrogens is 2. The monoisotopic (exact) mass is 1080 g/mol. The smallest absolute Gasteiger partial charge is 0.328 e. The fourth-order valence-corrected chi connectivity index (χ4v) is 5.96. The number of anilines is 1. The quantitative estimate of drug-likeness (QED) is 0.0446. The van der Waals surface area contributed by atoms with Crippen molar-refractivity contribution in [1.82, 2.24) is 24.7 Å². The number of rotatable bonds is 29. The van der Waals surface area contributed by atoms with Crippen LogP contribution in [0, 0.1) is 0 Å². The van der Waals surface area contributed by atoms with Crippen molar-refractivity contribution in [2.75, 3.05) is 98.1 Å². The highest BCUT2D eigenvalue weighted by molar-refractivity contribution is 6.99. The van der Waals surface area contributed by atoms with Crippen molar-refractivity contribution in [2.24, 2.45) is 0 Å². The maximum atomic E-state index is 9.95. The van der Waals surface area contributed by atoms with Crippen molar-refractivity contribution in [3.05, 3.63) is 71.8 Å². The summed E-state index contributed by atoms with van der Waals surface area (Å²) in [5.41, 5.74) is 2.41. The molecular formula is C51H84N6O17S. The number of carboxylic acids is 4. The van der Waals surface area contributed by atoms with Crippen LogP contribution in [0.4, 0.5) is 5.82 Å². The number of hydrogen-bond acceptors (Lipinski definition) is 20. The lowest BCUT2D eigenvalue weighted by molar-refractivity contribution is -0.143. The lowest BCUT2D eigenvalue weighted by Gasteiger charge is -2.27. The van der Waals surface area contributed by atoms with E-state index in [1.165, 1.54) is 11.1 Å². The van der Waals surface area contributed by atoms with E-state index >= 15 is 0 Å². The third kappa shape index (κ3) is 41.4. The minimum absolute atomic E-state index is 0.0257. The first-order chi connectivity index (χ1) is 35.4. The van der Waals surface area contributed by atoms with Gasteiger partial charge in [0.2, 0.25) is 5.82 Å². The largest absolute Gasteiger partial charge is 0.491 e. The van der Waals surface area contributed by atoms with Crippen LogP contribution >= 0.6 is 11.7 Å². The molecule has 2 aromatic carbocycles. The highest BCUT2D eigenvalue weighted by atomic mass is 32.1. The van der Waals surface area contributed by atoms with E-state index in [1.54, 1.807) is 14.2 Å². The molecule has 0 spiro atoms. The van der Waals surface area contributed by atoms with Gasteiger partial charge in [-0.1, -0.05) is 52.0 Å². The number of aliphatic hydroxyl groups is 3. The zero-order valence-corrected chi connectivity index (χ0v) is 45.8. The van der Waals surface area contributed by atoms with Crippen molar-refractivity contribution in [2.45, 2.75) is 110 Å². The summed E-state index contributed by atoms with van der Waals surface area (Å²) < 4.78 is 40.5. The molecule has 1 aliphatic rings. The average Bonchev–Trinajstić information content (AvgIpc) is 3.85. The first-order valence-electron chi connectivity index (χ1n) is 24.5. The van der Waals surface area contributed by atoms with Crippen LogP contribution in [0.5, 0.6) is 17.4 Å². The van der Waals surface area contributed by atoms with Gasteiger partial charge in [-0.25, -0.2) is 9.59 Å². The summed E-state index contributed by atoms with van der Waals surface area (Å²) in [4.78, 5) is 40.5. The normalized spacial score (nSPS) is 13.3. The number of nitrogens with one attached hydrogen (secondary N) is 3. The zero-order chi connectivity index (χ0) is 56.6. The molecule has 0 aliphatic carbocycles. The Morgan fingerprint density at radius 2 is 1.05 bits per heavy atom. The van der Waals surface area contributed by atoms with Crippen LogP contribution in [-0.2, 0) is 46.2 Å². The number of ether oxygens (including phenoxy) is 6. The van der Waals surface area contributed by atoms with Crippen LogP contribution in [0.2, 0.25) is 0 Å². The molecule has 0 saturated carbocycles. The molecule has 1 aliphatic heterocycles. The minimum Gasteiger partial charge on any atom is -0.491 e. The van der Waals surface area contributed by atoms with E-state index in [-0.39, 0.29) is 25.0 Å². The van der Waals surface area contributed by atoms with Crippen molar-refractivity contribution in [3.8, 4) is 17.4 Å². The predicted octanol–water partition coefficient (Wildman–Crippen LogP) is 3.38. The maximum absolute atomic E-state index is 9.95. The number of carbonyl (C=O) groups is 4. The van der Waals surface area contributed by atoms with Gasteiger partial charge in [-0.3, -0.25) is 9.59 Å². The minimum atomic E-state index is -1.26. The van der Waals surface area contributed by atoms with E-state index in [1.807, 2.05) is 76.2 Å². The van der Waals surface area contributed by atoms with Gasteiger partial charge in [-0.05, 0) is 69.0 Å². The van der Waals surface area contributed by atoms with E-state index in [0.717, 1.165) is 68.2 Å².